The van der Waals surface area contributed by atoms with Crippen molar-refractivity contribution in [3.8, 4) is 0 Å². The van der Waals surface area contributed by atoms with Crippen molar-refractivity contribution in [1.82, 2.24) is 4.90 Å². The first-order chi connectivity index (χ1) is 11.0. The number of ether oxygens (including phenoxy) is 1. The number of hydrogen-bond acceptors (Lipinski definition) is 5. The standard InChI is InChI=1S/C15H15FN2O4S/c1-2-22-15(21)7-14-18(13(20)9-23-14)8-12(19)17-11-5-3-4-10(16)6-11/h3-7H,2,8-9H2,1H3,(H,17,19)/b14-7+. The van der Waals surface area contributed by atoms with Crippen LogP contribution >= 0.6 is 11.8 Å². The number of carbonyl (C=O) groups excluding carboxylic acids is 3. The molecule has 0 atom stereocenters. The van der Waals surface area contributed by atoms with E-state index in [1.807, 2.05) is 0 Å². The van der Waals surface area contributed by atoms with E-state index in [0.29, 0.717) is 10.7 Å². The lowest BCUT2D eigenvalue weighted by Gasteiger charge is -2.16. The van der Waals surface area contributed by atoms with Crippen molar-refractivity contribution in [3.05, 3.63) is 41.2 Å². The summed E-state index contributed by atoms with van der Waals surface area (Å²) in [7, 11) is 0. The van der Waals surface area contributed by atoms with Crippen LogP contribution in [0.25, 0.3) is 0 Å². The maximum absolute atomic E-state index is 13.1. The van der Waals surface area contributed by atoms with E-state index in [9.17, 15) is 18.8 Å². The van der Waals surface area contributed by atoms with Crippen molar-refractivity contribution in [3.63, 3.8) is 0 Å². The number of carbonyl (C=O) groups is 3. The van der Waals surface area contributed by atoms with Crippen LogP contribution in [0.1, 0.15) is 6.92 Å². The summed E-state index contributed by atoms with van der Waals surface area (Å²) in [5.74, 6) is -1.65. The van der Waals surface area contributed by atoms with Gasteiger partial charge in [-0.25, -0.2) is 9.18 Å². The number of thioether (sulfide) groups is 1. The second kappa shape index (κ2) is 7.77. The molecule has 1 aliphatic rings. The molecule has 1 saturated heterocycles. The normalized spacial score (nSPS) is 15.8. The third kappa shape index (κ3) is 4.82. The molecule has 0 saturated carbocycles. The van der Waals surface area contributed by atoms with Crippen LogP contribution in [0.2, 0.25) is 0 Å². The fourth-order valence-electron chi connectivity index (χ4n) is 1.90. The number of anilines is 1. The number of amides is 2. The molecule has 1 aromatic carbocycles. The third-order valence-corrected chi connectivity index (χ3v) is 3.87. The van der Waals surface area contributed by atoms with Gasteiger partial charge in [0.05, 0.1) is 23.5 Å². The molecule has 0 bridgehead atoms. The molecule has 2 rings (SSSR count). The molecule has 8 heteroatoms. The third-order valence-electron chi connectivity index (χ3n) is 2.85. The van der Waals surface area contributed by atoms with Gasteiger partial charge >= 0.3 is 5.97 Å². The van der Waals surface area contributed by atoms with E-state index in [-0.39, 0.29) is 24.8 Å². The topological polar surface area (TPSA) is 75.7 Å². The molecular weight excluding hydrogens is 323 g/mol. The molecule has 0 aromatic heterocycles. The lowest BCUT2D eigenvalue weighted by Crippen LogP contribution is -2.34. The lowest BCUT2D eigenvalue weighted by atomic mass is 10.3. The number of nitrogens with zero attached hydrogens (tertiary/aromatic N) is 1. The van der Waals surface area contributed by atoms with Gasteiger partial charge in [-0.15, -0.1) is 0 Å². The predicted octanol–water partition coefficient (Wildman–Crippen LogP) is 1.74. The highest BCUT2D eigenvalue weighted by Gasteiger charge is 2.29. The van der Waals surface area contributed by atoms with Gasteiger partial charge in [0.25, 0.3) is 0 Å². The van der Waals surface area contributed by atoms with E-state index in [0.717, 1.165) is 11.8 Å². The Morgan fingerprint density at radius 1 is 1.48 bits per heavy atom. The van der Waals surface area contributed by atoms with Gasteiger partial charge in [-0.3, -0.25) is 14.5 Å². The Hall–Kier alpha value is -2.35. The van der Waals surface area contributed by atoms with Gasteiger partial charge in [0.2, 0.25) is 11.8 Å². The molecule has 1 heterocycles. The van der Waals surface area contributed by atoms with Crippen LogP contribution in [0.3, 0.4) is 0 Å². The molecular formula is C15H15FN2O4S. The zero-order chi connectivity index (χ0) is 16.8. The fourth-order valence-corrected chi connectivity index (χ4v) is 2.82. The van der Waals surface area contributed by atoms with Crippen molar-refractivity contribution in [2.45, 2.75) is 6.92 Å². The highest BCUT2D eigenvalue weighted by molar-refractivity contribution is 8.04. The molecule has 0 unspecified atom stereocenters. The maximum atomic E-state index is 13.1. The monoisotopic (exact) mass is 338 g/mol. The number of rotatable bonds is 5. The van der Waals surface area contributed by atoms with E-state index >= 15 is 0 Å². The van der Waals surface area contributed by atoms with E-state index in [4.69, 9.17) is 4.74 Å². The van der Waals surface area contributed by atoms with Crippen LogP contribution in [-0.4, -0.2) is 41.6 Å². The average Bonchev–Trinajstić information content (AvgIpc) is 2.80. The molecule has 0 spiro atoms. The first-order valence-electron chi connectivity index (χ1n) is 6.86. The van der Waals surface area contributed by atoms with Crippen LogP contribution in [0.5, 0.6) is 0 Å². The molecule has 122 valence electrons. The molecule has 1 aromatic rings. The zero-order valence-corrected chi connectivity index (χ0v) is 13.2. The molecule has 1 fully saturated rings. The summed E-state index contributed by atoms with van der Waals surface area (Å²) < 4.78 is 17.9. The van der Waals surface area contributed by atoms with Crippen molar-refractivity contribution >= 4 is 35.2 Å². The number of esters is 1. The van der Waals surface area contributed by atoms with Crippen molar-refractivity contribution in [1.29, 1.82) is 0 Å². The molecule has 1 aliphatic heterocycles. The summed E-state index contributed by atoms with van der Waals surface area (Å²) >= 11 is 1.16. The molecule has 23 heavy (non-hydrogen) atoms. The summed E-state index contributed by atoms with van der Waals surface area (Å²) in [6.07, 6.45) is 1.19. The van der Waals surface area contributed by atoms with Crippen LogP contribution in [0.15, 0.2) is 35.4 Å². The fraction of sp³-hybridized carbons (Fsp3) is 0.267. The smallest absolute Gasteiger partial charge is 0.333 e. The zero-order valence-electron chi connectivity index (χ0n) is 12.4. The van der Waals surface area contributed by atoms with Gasteiger partial charge in [0, 0.05) is 5.69 Å². The second-order valence-corrected chi connectivity index (χ2v) is 5.56. The minimum atomic E-state index is -0.569. The number of hydrogen-bond donors (Lipinski definition) is 1. The van der Waals surface area contributed by atoms with E-state index < -0.39 is 17.7 Å². The van der Waals surface area contributed by atoms with Gasteiger partial charge in [0.15, 0.2) is 0 Å². The number of benzene rings is 1. The van der Waals surface area contributed by atoms with E-state index in [2.05, 4.69) is 5.32 Å². The summed E-state index contributed by atoms with van der Waals surface area (Å²) in [6.45, 7) is 1.64. The lowest BCUT2D eigenvalue weighted by molar-refractivity contribution is -0.137. The Bertz CT molecular complexity index is 663. The van der Waals surface area contributed by atoms with Crippen molar-refractivity contribution in [2.24, 2.45) is 0 Å². The van der Waals surface area contributed by atoms with Crippen molar-refractivity contribution in [2.75, 3.05) is 24.2 Å². The SMILES string of the molecule is CCOC(=O)/C=C1/SCC(=O)N1CC(=O)Nc1cccc(F)c1. The van der Waals surface area contributed by atoms with E-state index in [1.54, 1.807) is 6.92 Å². The van der Waals surface area contributed by atoms with Crippen LogP contribution in [-0.2, 0) is 19.1 Å². The Kier molecular flexibility index (Phi) is 5.75. The number of halogens is 1. The van der Waals surface area contributed by atoms with Gasteiger partial charge in [-0.05, 0) is 25.1 Å². The molecule has 6 nitrogen and oxygen atoms in total. The van der Waals surface area contributed by atoms with E-state index in [1.165, 1.54) is 35.2 Å². The number of nitrogens with one attached hydrogen (secondary N) is 1. The Balaban J connectivity index is 2.02. The van der Waals surface area contributed by atoms with Gasteiger partial charge < -0.3 is 10.1 Å². The molecule has 1 N–H and O–H groups in total. The predicted molar refractivity (Wildman–Crippen MR) is 83.9 cm³/mol. The average molecular weight is 338 g/mol. The van der Waals surface area contributed by atoms with Crippen molar-refractivity contribution < 1.29 is 23.5 Å². The summed E-state index contributed by atoms with van der Waals surface area (Å²) in [4.78, 5) is 36.5. The molecule has 2 amide bonds. The first kappa shape index (κ1) is 17.0. The van der Waals surface area contributed by atoms with Crippen LogP contribution in [0.4, 0.5) is 10.1 Å². The summed E-state index contributed by atoms with van der Waals surface area (Å²) in [6, 6.07) is 5.44. The van der Waals surface area contributed by atoms with Gasteiger partial charge in [-0.1, -0.05) is 17.8 Å². The Labute approximate surface area is 136 Å². The Morgan fingerprint density at radius 3 is 2.96 bits per heavy atom. The quantitative estimate of drug-likeness (QED) is 0.654. The van der Waals surface area contributed by atoms with Gasteiger partial charge in [-0.2, -0.15) is 0 Å². The second-order valence-electron chi connectivity index (χ2n) is 4.56. The molecule has 0 radical (unpaired) electrons. The molecule has 0 aliphatic carbocycles. The summed E-state index contributed by atoms with van der Waals surface area (Å²) in [5, 5.41) is 2.87. The largest absolute Gasteiger partial charge is 0.463 e. The van der Waals surface area contributed by atoms with Crippen LogP contribution < -0.4 is 5.32 Å². The minimum Gasteiger partial charge on any atom is -0.463 e. The van der Waals surface area contributed by atoms with Crippen LogP contribution in [0, 0.1) is 5.82 Å². The highest BCUT2D eigenvalue weighted by Crippen LogP contribution is 2.28. The minimum absolute atomic E-state index is 0.151. The first-order valence-corrected chi connectivity index (χ1v) is 7.85. The summed E-state index contributed by atoms with van der Waals surface area (Å²) in [5.41, 5.74) is 0.297. The highest BCUT2D eigenvalue weighted by atomic mass is 32.2. The Morgan fingerprint density at radius 2 is 2.26 bits per heavy atom. The van der Waals surface area contributed by atoms with Gasteiger partial charge in [0.1, 0.15) is 12.4 Å². The maximum Gasteiger partial charge on any atom is 0.333 e.